The van der Waals surface area contributed by atoms with E-state index in [-0.39, 0.29) is 0 Å². The number of hydrogen-bond acceptors (Lipinski definition) is 0. The van der Waals surface area contributed by atoms with Crippen LogP contribution in [0.15, 0.2) is 55.1 Å². The molecule has 16 heavy (non-hydrogen) atoms. The van der Waals surface area contributed by atoms with E-state index < -0.39 is 11.7 Å². The second-order valence-electron chi connectivity index (χ2n) is 3.10. The Labute approximate surface area is 92.4 Å². The molecule has 0 aliphatic heterocycles. The third-order valence-corrected chi connectivity index (χ3v) is 1.86. The number of rotatable bonds is 3. The van der Waals surface area contributed by atoms with Crippen molar-refractivity contribution in [2.24, 2.45) is 0 Å². The summed E-state index contributed by atoms with van der Waals surface area (Å²) in [6.45, 7) is 3.48. The van der Waals surface area contributed by atoms with E-state index in [0.717, 1.165) is 12.1 Å². The van der Waals surface area contributed by atoms with Gasteiger partial charge in [-0.25, -0.2) is 0 Å². The molecule has 0 aliphatic rings. The van der Waals surface area contributed by atoms with E-state index in [2.05, 4.69) is 6.58 Å². The molecule has 0 saturated heterocycles. The number of benzene rings is 1. The van der Waals surface area contributed by atoms with Crippen LogP contribution in [0.3, 0.4) is 0 Å². The molecule has 0 amide bonds. The first-order valence-corrected chi connectivity index (χ1v) is 4.67. The van der Waals surface area contributed by atoms with Crippen LogP contribution in [-0.4, -0.2) is 0 Å². The van der Waals surface area contributed by atoms with Crippen molar-refractivity contribution in [2.45, 2.75) is 6.18 Å². The maximum Gasteiger partial charge on any atom is 0.416 e. The predicted molar refractivity (Wildman–Crippen MR) is 59.8 cm³/mol. The Kier molecular flexibility index (Phi) is 4.11. The molecule has 3 heteroatoms. The van der Waals surface area contributed by atoms with Gasteiger partial charge in [0.15, 0.2) is 0 Å². The lowest BCUT2D eigenvalue weighted by atomic mass is 10.1. The molecule has 0 atom stereocenters. The van der Waals surface area contributed by atoms with Crippen molar-refractivity contribution in [2.75, 3.05) is 0 Å². The van der Waals surface area contributed by atoms with Crippen LogP contribution in [0, 0.1) is 0 Å². The first kappa shape index (κ1) is 12.3. The Balaban J connectivity index is 2.87. The fourth-order valence-corrected chi connectivity index (χ4v) is 1.13. The van der Waals surface area contributed by atoms with Gasteiger partial charge in [0.1, 0.15) is 0 Å². The van der Waals surface area contributed by atoms with Crippen LogP contribution >= 0.6 is 0 Å². The SMILES string of the molecule is C=C/C=C/C=C/c1cccc(C(F)(F)F)c1. The van der Waals surface area contributed by atoms with Gasteiger partial charge in [-0.3, -0.25) is 0 Å². The van der Waals surface area contributed by atoms with E-state index in [9.17, 15) is 13.2 Å². The summed E-state index contributed by atoms with van der Waals surface area (Å²) >= 11 is 0. The molecule has 0 heterocycles. The zero-order valence-electron chi connectivity index (χ0n) is 8.54. The molecule has 0 fully saturated rings. The van der Waals surface area contributed by atoms with Crippen LogP contribution in [0.4, 0.5) is 13.2 Å². The van der Waals surface area contributed by atoms with Crippen molar-refractivity contribution in [1.82, 2.24) is 0 Å². The second-order valence-corrected chi connectivity index (χ2v) is 3.10. The van der Waals surface area contributed by atoms with Crippen LogP contribution in [0.1, 0.15) is 11.1 Å². The highest BCUT2D eigenvalue weighted by atomic mass is 19.4. The Morgan fingerprint density at radius 2 is 1.81 bits per heavy atom. The number of hydrogen-bond donors (Lipinski definition) is 0. The van der Waals surface area contributed by atoms with Crippen molar-refractivity contribution in [1.29, 1.82) is 0 Å². The predicted octanol–water partition coefficient (Wildman–Crippen LogP) is 4.46. The maximum atomic E-state index is 12.4. The van der Waals surface area contributed by atoms with E-state index in [1.165, 1.54) is 6.07 Å². The van der Waals surface area contributed by atoms with Gasteiger partial charge in [-0.2, -0.15) is 13.2 Å². The van der Waals surface area contributed by atoms with Crippen molar-refractivity contribution >= 4 is 6.08 Å². The molecule has 0 aromatic heterocycles. The van der Waals surface area contributed by atoms with Crippen LogP contribution in [0.25, 0.3) is 6.08 Å². The second kappa shape index (κ2) is 5.35. The number of allylic oxidation sites excluding steroid dienone is 4. The summed E-state index contributed by atoms with van der Waals surface area (Å²) in [7, 11) is 0. The zero-order valence-corrected chi connectivity index (χ0v) is 8.54. The third kappa shape index (κ3) is 3.77. The smallest absolute Gasteiger partial charge is 0.166 e. The van der Waals surface area contributed by atoms with Gasteiger partial charge in [-0.15, -0.1) is 0 Å². The molecule has 0 bridgehead atoms. The van der Waals surface area contributed by atoms with Gasteiger partial charge < -0.3 is 0 Å². The molecule has 1 aromatic rings. The Morgan fingerprint density at radius 1 is 1.06 bits per heavy atom. The summed E-state index contributed by atoms with van der Waals surface area (Å²) in [5.41, 5.74) is -0.120. The summed E-state index contributed by atoms with van der Waals surface area (Å²) in [4.78, 5) is 0. The van der Waals surface area contributed by atoms with Crippen LogP contribution in [0.2, 0.25) is 0 Å². The van der Waals surface area contributed by atoms with Gasteiger partial charge in [-0.1, -0.05) is 49.1 Å². The molecule has 1 aromatic carbocycles. The summed E-state index contributed by atoms with van der Waals surface area (Å²) in [5.74, 6) is 0. The summed E-state index contributed by atoms with van der Waals surface area (Å²) in [6.07, 6.45) is 3.97. The molecule has 0 saturated carbocycles. The van der Waals surface area contributed by atoms with Crippen LogP contribution < -0.4 is 0 Å². The minimum atomic E-state index is -4.29. The topological polar surface area (TPSA) is 0 Å². The molecular weight excluding hydrogens is 213 g/mol. The van der Waals surface area contributed by atoms with E-state index in [4.69, 9.17) is 0 Å². The average molecular weight is 224 g/mol. The molecule has 84 valence electrons. The third-order valence-electron chi connectivity index (χ3n) is 1.86. The standard InChI is InChI=1S/C13H11F3/c1-2-3-4-5-7-11-8-6-9-12(10-11)13(14,15)16/h2-10H,1H2/b4-3+,7-5+. The van der Waals surface area contributed by atoms with E-state index >= 15 is 0 Å². The zero-order chi connectivity index (χ0) is 12.0. The lowest BCUT2D eigenvalue weighted by molar-refractivity contribution is -0.137. The fourth-order valence-electron chi connectivity index (χ4n) is 1.13. The summed E-state index contributed by atoms with van der Waals surface area (Å²) in [5, 5.41) is 0. The van der Waals surface area contributed by atoms with Gasteiger partial charge in [0.05, 0.1) is 5.56 Å². The normalized spacial score (nSPS) is 12.4. The first-order chi connectivity index (χ1) is 7.54. The molecule has 1 rings (SSSR count). The largest absolute Gasteiger partial charge is 0.416 e. The quantitative estimate of drug-likeness (QED) is 0.665. The van der Waals surface area contributed by atoms with Crippen LogP contribution in [0.5, 0.6) is 0 Å². The first-order valence-electron chi connectivity index (χ1n) is 4.67. The highest BCUT2D eigenvalue weighted by molar-refractivity contribution is 5.52. The molecule has 0 nitrogen and oxygen atoms in total. The summed E-state index contributed by atoms with van der Waals surface area (Å²) < 4.78 is 37.1. The highest BCUT2D eigenvalue weighted by Gasteiger charge is 2.30. The molecular formula is C13H11F3. The van der Waals surface area contributed by atoms with E-state index in [1.807, 2.05) is 0 Å². The molecule has 0 aliphatic carbocycles. The molecule has 0 spiro atoms. The average Bonchev–Trinajstić information content (AvgIpc) is 2.24. The van der Waals surface area contributed by atoms with Crippen molar-refractivity contribution in [3.63, 3.8) is 0 Å². The number of halogens is 3. The summed E-state index contributed by atoms with van der Waals surface area (Å²) in [6, 6.07) is 5.17. The van der Waals surface area contributed by atoms with Crippen molar-refractivity contribution in [3.05, 3.63) is 66.3 Å². The number of alkyl halides is 3. The lowest BCUT2D eigenvalue weighted by Gasteiger charge is -2.06. The van der Waals surface area contributed by atoms with Crippen molar-refractivity contribution in [3.8, 4) is 0 Å². The minimum absolute atomic E-state index is 0.517. The van der Waals surface area contributed by atoms with Gasteiger partial charge in [0, 0.05) is 0 Å². The molecule has 0 unspecified atom stereocenters. The maximum absolute atomic E-state index is 12.4. The fraction of sp³-hybridized carbons (Fsp3) is 0.0769. The van der Waals surface area contributed by atoms with E-state index in [1.54, 1.807) is 36.4 Å². The Hall–Kier alpha value is -1.77. The molecule has 0 N–H and O–H groups in total. The van der Waals surface area contributed by atoms with Gasteiger partial charge in [0.2, 0.25) is 0 Å². The highest BCUT2D eigenvalue weighted by Crippen LogP contribution is 2.29. The lowest BCUT2D eigenvalue weighted by Crippen LogP contribution is -2.04. The van der Waals surface area contributed by atoms with Gasteiger partial charge in [-0.05, 0) is 17.7 Å². The van der Waals surface area contributed by atoms with E-state index in [0.29, 0.717) is 5.56 Å². The van der Waals surface area contributed by atoms with Crippen molar-refractivity contribution < 1.29 is 13.2 Å². The van der Waals surface area contributed by atoms with Gasteiger partial charge in [0.25, 0.3) is 0 Å². The Bertz CT molecular complexity index is 411. The monoisotopic (exact) mass is 224 g/mol. The van der Waals surface area contributed by atoms with Gasteiger partial charge >= 0.3 is 6.18 Å². The Morgan fingerprint density at radius 3 is 2.44 bits per heavy atom. The molecule has 0 radical (unpaired) electrons. The van der Waals surface area contributed by atoms with Crippen LogP contribution in [-0.2, 0) is 6.18 Å². The minimum Gasteiger partial charge on any atom is -0.166 e.